The van der Waals surface area contributed by atoms with Crippen LogP contribution in [0.5, 0.6) is 5.75 Å². The van der Waals surface area contributed by atoms with Gasteiger partial charge in [0.2, 0.25) is 5.91 Å². The summed E-state index contributed by atoms with van der Waals surface area (Å²) in [4.78, 5) is 46.3. The van der Waals surface area contributed by atoms with Crippen LogP contribution in [0.15, 0.2) is 79.9 Å². The number of fused-ring (bicyclic) bond motifs is 1. The molecule has 3 saturated heterocycles. The van der Waals surface area contributed by atoms with Crippen LogP contribution in [-0.2, 0) is 30.3 Å². The van der Waals surface area contributed by atoms with Crippen molar-refractivity contribution in [3.8, 4) is 5.75 Å². The Kier molecular flexibility index (Phi) is 9.79. The lowest BCUT2D eigenvalue weighted by Crippen LogP contribution is -2.59. The zero-order valence-electron chi connectivity index (χ0n) is 26.2. The minimum absolute atomic E-state index is 0.181. The SMILES string of the molecule is C=CCCCCOC(=O)[C@H]1[C@H]2C(=O)N([C@@H](CO)Cc3ccccc3)C(C(=O)N(CC=C)c3ccc(OC)cc3)C23CC[C@]1(C)O3. The summed E-state index contributed by atoms with van der Waals surface area (Å²) in [5, 5.41) is 10.7. The zero-order valence-corrected chi connectivity index (χ0v) is 26.2. The fourth-order valence-electron chi connectivity index (χ4n) is 7.55. The second-order valence-electron chi connectivity index (χ2n) is 12.4. The molecule has 1 spiro atoms. The van der Waals surface area contributed by atoms with Gasteiger partial charge in [0.1, 0.15) is 23.3 Å². The first kappa shape index (κ1) is 32.4. The minimum atomic E-state index is -1.26. The van der Waals surface area contributed by atoms with Gasteiger partial charge in [0.05, 0.1) is 37.9 Å². The Hall–Kier alpha value is -3.95. The van der Waals surface area contributed by atoms with Crippen LogP contribution in [0.25, 0.3) is 0 Å². The molecule has 5 rings (SSSR count). The lowest BCUT2D eigenvalue weighted by atomic mass is 9.66. The second-order valence-corrected chi connectivity index (χ2v) is 12.4. The van der Waals surface area contributed by atoms with Crippen molar-refractivity contribution in [3.63, 3.8) is 0 Å². The number of unbranched alkanes of at least 4 members (excludes halogenated alkanes) is 2. The summed E-state index contributed by atoms with van der Waals surface area (Å²) in [6.07, 6.45) is 7.05. The number of nitrogens with zero attached hydrogens (tertiary/aromatic N) is 2. The number of methoxy groups -OCH3 is 1. The lowest BCUT2D eigenvalue weighted by molar-refractivity contribution is -0.160. The van der Waals surface area contributed by atoms with Crippen LogP contribution in [0.2, 0.25) is 0 Å². The van der Waals surface area contributed by atoms with Gasteiger partial charge >= 0.3 is 5.97 Å². The number of esters is 1. The summed E-state index contributed by atoms with van der Waals surface area (Å²) < 4.78 is 17.8. The van der Waals surface area contributed by atoms with Crippen molar-refractivity contribution in [1.29, 1.82) is 0 Å². The highest BCUT2D eigenvalue weighted by molar-refractivity contribution is 6.05. The monoisotopic (exact) mass is 616 g/mol. The molecule has 0 radical (unpaired) electrons. The van der Waals surface area contributed by atoms with Gasteiger partial charge < -0.3 is 29.1 Å². The smallest absolute Gasteiger partial charge is 0.312 e. The molecule has 0 aliphatic carbocycles. The fraction of sp³-hybridized carbons (Fsp3) is 0.472. The van der Waals surface area contributed by atoms with Gasteiger partial charge in [-0.15, -0.1) is 13.2 Å². The van der Waals surface area contributed by atoms with Crippen molar-refractivity contribution in [1.82, 2.24) is 4.90 Å². The highest BCUT2D eigenvalue weighted by Crippen LogP contribution is 2.64. The quantitative estimate of drug-likeness (QED) is 0.179. The number of ether oxygens (including phenoxy) is 3. The number of likely N-dealkylation sites (tertiary alicyclic amines) is 1. The number of hydrogen-bond acceptors (Lipinski definition) is 7. The second kappa shape index (κ2) is 13.6. The summed E-state index contributed by atoms with van der Waals surface area (Å²) in [5.41, 5.74) is -0.701. The van der Waals surface area contributed by atoms with Crippen LogP contribution in [0.4, 0.5) is 5.69 Å². The van der Waals surface area contributed by atoms with Gasteiger partial charge in [0, 0.05) is 12.2 Å². The molecule has 9 nitrogen and oxygen atoms in total. The van der Waals surface area contributed by atoms with Crippen molar-refractivity contribution >= 4 is 23.5 Å². The Bertz CT molecular complexity index is 1400. The van der Waals surface area contributed by atoms with Gasteiger partial charge in [0.15, 0.2) is 0 Å². The molecule has 3 fully saturated rings. The van der Waals surface area contributed by atoms with E-state index in [0.29, 0.717) is 37.1 Å². The van der Waals surface area contributed by atoms with E-state index < -0.39 is 41.1 Å². The van der Waals surface area contributed by atoms with Crippen molar-refractivity contribution in [2.45, 2.75) is 68.7 Å². The molecule has 45 heavy (non-hydrogen) atoms. The molecule has 1 N–H and O–H groups in total. The average Bonchev–Trinajstić information content (AvgIpc) is 3.63. The molecule has 0 aromatic heterocycles. The number of carbonyl (C=O) groups excluding carboxylic acids is 3. The standard InChI is InChI=1S/C36H44N2O7/c1-5-7-8-12-22-44-34(42)30-29-32(40)38(27(24-39)23-25-13-10-9-11-14-25)31(36(29)20-19-35(30,3)45-36)33(41)37(21-6-2)26-15-17-28(43-4)18-16-26/h5-6,9-11,13-18,27,29-31,39H,1-2,7-8,12,19-24H2,3-4H3/t27-,29+,30-,31?,35+,36?/m1/s1. The molecule has 3 heterocycles. The van der Waals surface area contributed by atoms with Crippen LogP contribution in [0, 0.1) is 11.8 Å². The molecular formula is C36H44N2O7. The van der Waals surface area contributed by atoms with Gasteiger partial charge in [-0.05, 0) is 75.3 Å². The third-order valence-corrected chi connectivity index (χ3v) is 9.63. The third-order valence-electron chi connectivity index (χ3n) is 9.63. The molecule has 2 unspecified atom stereocenters. The highest BCUT2D eigenvalue weighted by Gasteiger charge is 2.79. The van der Waals surface area contributed by atoms with Crippen LogP contribution in [-0.4, -0.2) is 77.9 Å². The minimum Gasteiger partial charge on any atom is -0.497 e. The Labute approximate surface area is 265 Å². The van der Waals surface area contributed by atoms with Gasteiger partial charge in [-0.2, -0.15) is 0 Å². The molecule has 3 aliphatic rings. The molecule has 240 valence electrons. The van der Waals surface area contributed by atoms with E-state index in [2.05, 4.69) is 13.2 Å². The van der Waals surface area contributed by atoms with E-state index >= 15 is 0 Å². The van der Waals surface area contributed by atoms with Crippen molar-refractivity contribution in [3.05, 3.63) is 85.5 Å². The number of benzene rings is 2. The van der Waals surface area contributed by atoms with Gasteiger partial charge in [-0.3, -0.25) is 14.4 Å². The van der Waals surface area contributed by atoms with Gasteiger partial charge in [-0.1, -0.05) is 42.5 Å². The van der Waals surface area contributed by atoms with Crippen LogP contribution >= 0.6 is 0 Å². The van der Waals surface area contributed by atoms with E-state index in [0.717, 1.165) is 18.4 Å². The maximum atomic E-state index is 14.9. The van der Waals surface area contributed by atoms with E-state index in [4.69, 9.17) is 14.2 Å². The number of anilines is 1. The number of hydrogen-bond donors (Lipinski definition) is 1. The molecule has 6 atom stereocenters. The maximum Gasteiger partial charge on any atom is 0.312 e. The number of amides is 2. The lowest BCUT2D eigenvalue weighted by Gasteiger charge is -2.39. The predicted molar refractivity (Wildman–Crippen MR) is 171 cm³/mol. The zero-order chi connectivity index (χ0) is 32.2. The summed E-state index contributed by atoms with van der Waals surface area (Å²) in [5.74, 6) is -2.36. The van der Waals surface area contributed by atoms with Crippen molar-refractivity contribution in [2.24, 2.45) is 11.8 Å². The number of rotatable bonds is 15. The molecule has 2 bridgehead atoms. The molecule has 2 aromatic carbocycles. The number of carbonyl (C=O) groups is 3. The molecule has 2 aromatic rings. The van der Waals surface area contributed by atoms with E-state index in [1.807, 2.05) is 43.3 Å². The number of aliphatic hydroxyl groups excluding tert-OH is 1. The highest BCUT2D eigenvalue weighted by atomic mass is 16.6. The normalized spacial score (nSPS) is 27.1. The van der Waals surface area contributed by atoms with E-state index in [-0.39, 0.29) is 31.6 Å². The first-order valence-corrected chi connectivity index (χ1v) is 15.8. The summed E-state index contributed by atoms with van der Waals surface area (Å²) in [6, 6.07) is 14.8. The topological polar surface area (TPSA) is 106 Å². The van der Waals surface area contributed by atoms with Crippen LogP contribution in [0.3, 0.4) is 0 Å². The van der Waals surface area contributed by atoms with E-state index in [9.17, 15) is 19.5 Å². The molecular weight excluding hydrogens is 572 g/mol. The van der Waals surface area contributed by atoms with Crippen LogP contribution < -0.4 is 9.64 Å². The van der Waals surface area contributed by atoms with E-state index in [1.165, 1.54) is 4.90 Å². The molecule has 2 amide bonds. The third kappa shape index (κ3) is 5.91. The van der Waals surface area contributed by atoms with Gasteiger partial charge in [-0.25, -0.2) is 0 Å². The average molecular weight is 617 g/mol. The Morgan fingerprint density at radius 1 is 1.11 bits per heavy atom. The molecule has 9 heteroatoms. The van der Waals surface area contributed by atoms with Crippen molar-refractivity contribution in [2.75, 3.05) is 31.8 Å². The van der Waals surface area contributed by atoms with E-state index in [1.54, 1.807) is 42.4 Å². The van der Waals surface area contributed by atoms with Crippen molar-refractivity contribution < 1.29 is 33.7 Å². The molecule has 0 saturated carbocycles. The summed E-state index contributed by atoms with van der Waals surface area (Å²) >= 11 is 0. The number of aliphatic hydroxyl groups is 1. The fourth-order valence-corrected chi connectivity index (χ4v) is 7.55. The summed E-state index contributed by atoms with van der Waals surface area (Å²) in [6.45, 7) is 9.51. The first-order chi connectivity index (χ1) is 21.7. The Morgan fingerprint density at radius 2 is 1.84 bits per heavy atom. The van der Waals surface area contributed by atoms with Gasteiger partial charge in [0.25, 0.3) is 5.91 Å². The number of allylic oxidation sites excluding steroid dienone is 1. The summed E-state index contributed by atoms with van der Waals surface area (Å²) in [7, 11) is 1.57. The Morgan fingerprint density at radius 3 is 2.49 bits per heavy atom. The maximum absolute atomic E-state index is 14.9. The van der Waals surface area contributed by atoms with Crippen LogP contribution in [0.1, 0.15) is 44.6 Å². The molecule has 3 aliphatic heterocycles. The Balaban J connectivity index is 1.55. The largest absolute Gasteiger partial charge is 0.497 e. The predicted octanol–water partition coefficient (Wildman–Crippen LogP) is 4.48. The first-order valence-electron chi connectivity index (χ1n) is 15.8.